The second-order valence-corrected chi connectivity index (χ2v) is 19.4. The number of esters is 4. The Kier molecular flexibility index (Phi) is 12.7. The minimum Gasteiger partial charge on any atom is -0.456 e. The lowest BCUT2D eigenvalue weighted by Gasteiger charge is -2.67. The first-order valence-electron chi connectivity index (χ1n) is 21.1. The zero-order valence-corrected chi connectivity index (χ0v) is 37.4. The molecule has 5 aliphatic rings. The summed E-state index contributed by atoms with van der Waals surface area (Å²) >= 11 is 0. The van der Waals surface area contributed by atoms with Gasteiger partial charge in [0.05, 0.1) is 41.6 Å². The molecule has 1 aromatic rings. The molecular formula is C46H61NO15. The zero-order valence-electron chi connectivity index (χ0n) is 37.4. The van der Waals surface area contributed by atoms with Gasteiger partial charge in [-0.1, -0.05) is 43.7 Å². The molecule has 0 radical (unpaired) electrons. The summed E-state index contributed by atoms with van der Waals surface area (Å²) in [6.45, 7) is 15.7. The Morgan fingerprint density at radius 2 is 1.63 bits per heavy atom. The molecule has 0 aromatic heterocycles. The minimum absolute atomic E-state index is 0.0489. The lowest BCUT2D eigenvalue weighted by molar-refractivity contribution is -0.347. The van der Waals surface area contributed by atoms with Crippen LogP contribution in [0.5, 0.6) is 0 Å². The number of amides is 1. The van der Waals surface area contributed by atoms with Gasteiger partial charge in [0.1, 0.15) is 29.5 Å². The zero-order chi connectivity index (χ0) is 45.9. The van der Waals surface area contributed by atoms with Gasteiger partial charge in [-0.2, -0.15) is 0 Å². The number of aliphatic hydroxyl groups is 2. The van der Waals surface area contributed by atoms with Gasteiger partial charge in [-0.25, -0.2) is 14.4 Å². The van der Waals surface area contributed by atoms with Gasteiger partial charge in [-0.15, -0.1) is 0 Å². The maximum Gasteiger partial charge on any atom is 0.408 e. The monoisotopic (exact) mass is 867 g/mol. The van der Waals surface area contributed by atoms with Crippen LogP contribution < -0.4 is 5.32 Å². The Bertz CT molecular complexity index is 2030. The molecule has 3 N–H and O–H groups in total. The summed E-state index contributed by atoms with van der Waals surface area (Å²) < 4.78 is 42.5. The average molecular weight is 868 g/mol. The molecule has 62 heavy (non-hydrogen) atoms. The predicted molar refractivity (Wildman–Crippen MR) is 219 cm³/mol. The van der Waals surface area contributed by atoms with Crippen molar-refractivity contribution in [2.75, 3.05) is 13.7 Å². The highest BCUT2D eigenvalue weighted by Crippen LogP contribution is 2.65. The molecule has 16 nitrogen and oxygen atoms in total. The number of benzene rings is 1. The molecule has 1 aromatic carbocycles. The molecule has 4 aliphatic carbocycles. The third-order valence-electron chi connectivity index (χ3n) is 13.3. The molecule has 16 heteroatoms. The number of ketones is 1. The van der Waals surface area contributed by atoms with Gasteiger partial charge in [0.15, 0.2) is 23.6 Å². The molecule has 1 amide bonds. The number of methoxy groups -OCH3 is 1. The predicted octanol–water partition coefficient (Wildman–Crippen LogP) is 4.47. The molecule has 340 valence electrons. The summed E-state index contributed by atoms with van der Waals surface area (Å²) in [5.41, 5.74) is -7.25. The highest BCUT2D eigenvalue weighted by molar-refractivity contribution is 5.96. The van der Waals surface area contributed by atoms with Crippen LogP contribution in [-0.2, 0) is 52.3 Å². The number of aliphatic hydroxyl groups excluding tert-OH is 1. The van der Waals surface area contributed by atoms with Crippen LogP contribution in [0.1, 0.15) is 105 Å². The Hall–Kier alpha value is -4.64. The first kappa shape index (κ1) is 46.9. The first-order chi connectivity index (χ1) is 28.8. The smallest absolute Gasteiger partial charge is 0.408 e. The number of fused-ring (bicyclic) bond motifs is 5. The summed E-state index contributed by atoms with van der Waals surface area (Å²) in [6.07, 6.45) is -7.59. The minimum atomic E-state index is -2.32. The Morgan fingerprint density at radius 3 is 2.16 bits per heavy atom. The van der Waals surface area contributed by atoms with Crippen molar-refractivity contribution in [2.24, 2.45) is 22.7 Å². The van der Waals surface area contributed by atoms with Gasteiger partial charge in [0, 0.05) is 32.3 Å². The SMILES string of the molecule is CO[C@H]1C[C@H]2OC[C@@]2(OC(C)=O)[C@H]2[C@H](OC(=O)c3ccccc3)[C@]3(O)C[C@H](OC(=O)[C@H](O)[C@H](C=C(C)C)NC(=O)OC(C)(C)C)C(C)=C([C@@H](OC(=O)C4CC4)C(=O)[C@]12C)C3(C)C. The van der Waals surface area contributed by atoms with Gasteiger partial charge in [-0.05, 0) is 84.6 Å². The van der Waals surface area contributed by atoms with Gasteiger partial charge in [0.25, 0.3) is 0 Å². The Labute approximate surface area is 362 Å². The van der Waals surface area contributed by atoms with Gasteiger partial charge < -0.3 is 48.7 Å². The number of ether oxygens (including phenoxy) is 7. The summed E-state index contributed by atoms with van der Waals surface area (Å²) in [5, 5.41) is 27.9. The number of rotatable bonds is 11. The first-order valence-corrected chi connectivity index (χ1v) is 21.1. The van der Waals surface area contributed by atoms with E-state index >= 15 is 4.79 Å². The van der Waals surface area contributed by atoms with E-state index in [1.807, 2.05) is 0 Å². The van der Waals surface area contributed by atoms with Crippen molar-refractivity contribution in [2.45, 2.75) is 154 Å². The third kappa shape index (κ3) is 8.30. The van der Waals surface area contributed by atoms with E-state index < -0.39 is 124 Å². The topological polar surface area (TPSA) is 220 Å². The van der Waals surface area contributed by atoms with E-state index in [4.69, 9.17) is 33.2 Å². The molecular weight excluding hydrogens is 806 g/mol. The number of nitrogens with one attached hydrogen (secondary N) is 1. The van der Waals surface area contributed by atoms with E-state index in [1.165, 1.54) is 32.2 Å². The molecule has 0 unspecified atom stereocenters. The van der Waals surface area contributed by atoms with Crippen LogP contribution >= 0.6 is 0 Å². The van der Waals surface area contributed by atoms with Crippen LogP contribution in [0.2, 0.25) is 0 Å². The van der Waals surface area contributed by atoms with Crippen molar-refractivity contribution >= 4 is 35.8 Å². The fourth-order valence-electron chi connectivity index (χ4n) is 10.1. The van der Waals surface area contributed by atoms with Crippen LogP contribution in [-0.4, -0.2) is 119 Å². The van der Waals surface area contributed by atoms with Crippen molar-refractivity contribution < 1.29 is 72.1 Å². The molecule has 1 saturated heterocycles. The number of allylic oxidation sites excluding steroid dienone is 1. The van der Waals surface area contributed by atoms with Crippen molar-refractivity contribution in [3.05, 3.63) is 58.7 Å². The highest BCUT2D eigenvalue weighted by atomic mass is 16.6. The maximum absolute atomic E-state index is 15.9. The van der Waals surface area contributed by atoms with E-state index in [2.05, 4.69) is 5.32 Å². The van der Waals surface area contributed by atoms with Crippen molar-refractivity contribution in [1.82, 2.24) is 5.32 Å². The lowest BCUT2D eigenvalue weighted by atomic mass is 9.44. The van der Waals surface area contributed by atoms with Crippen LogP contribution in [0.15, 0.2) is 53.1 Å². The highest BCUT2D eigenvalue weighted by Gasteiger charge is 2.78. The van der Waals surface area contributed by atoms with E-state index in [0.717, 1.165) is 0 Å². The number of hydrogen-bond acceptors (Lipinski definition) is 15. The van der Waals surface area contributed by atoms with E-state index in [1.54, 1.807) is 80.5 Å². The van der Waals surface area contributed by atoms with Crippen LogP contribution in [0.25, 0.3) is 0 Å². The van der Waals surface area contributed by atoms with Crippen LogP contribution in [0, 0.1) is 22.7 Å². The van der Waals surface area contributed by atoms with E-state index in [-0.39, 0.29) is 29.7 Å². The van der Waals surface area contributed by atoms with Crippen molar-refractivity contribution in [3.8, 4) is 0 Å². The fourth-order valence-corrected chi connectivity index (χ4v) is 10.1. The standard InChI is InChI=1S/C46H61NO15/c1-23(2)19-28(47-41(54)62-42(5,6)7)33(49)40(53)58-29-21-46(55)37(60-39(52)26-15-13-12-14-16-26)35-44(10,30(56-11)20-31-45(35,22-57-31)61-25(4)48)36(50)34(59-38(51)27-17-18-27)32(24(29)3)43(46,8)9/h12-16,19,27-31,33-35,37,49,55H,17-18,20-22H2,1-11H3,(H,47,54)/t28-,29-,30-,31+,33+,34+,35-,37-,44+,45-,46+/m0/s1. The van der Waals surface area contributed by atoms with E-state index in [9.17, 15) is 34.2 Å². The molecule has 1 heterocycles. The molecule has 11 atom stereocenters. The number of alkyl carbamates (subject to hydrolysis) is 1. The molecule has 2 bridgehead atoms. The van der Waals surface area contributed by atoms with Crippen LogP contribution in [0.4, 0.5) is 4.79 Å². The Morgan fingerprint density at radius 1 is 0.984 bits per heavy atom. The molecule has 1 aliphatic heterocycles. The second-order valence-electron chi connectivity index (χ2n) is 19.4. The third-order valence-corrected chi connectivity index (χ3v) is 13.3. The van der Waals surface area contributed by atoms with E-state index in [0.29, 0.717) is 18.4 Å². The number of Topliss-reactive ketones (excluding diaryl/α,β-unsaturated/α-hetero) is 1. The normalized spacial score (nSPS) is 33.3. The number of hydrogen-bond donors (Lipinski definition) is 3. The molecule has 6 rings (SSSR count). The number of carbonyl (C=O) groups is 6. The van der Waals surface area contributed by atoms with Crippen molar-refractivity contribution in [3.63, 3.8) is 0 Å². The Balaban J connectivity index is 1.56. The quantitative estimate of drug-likeness (QED) is 0.159. The lowest BCUT2D eigenvalue weighted by Crippen LogP contribution is -2.82. The van der Waals surface area contributed by atoms with Crippen LogP contribution in [0.3, 0.4) is 0 Å². The number of carbonyl (C=O) groups excluding carboxylic acids is 6. The van der Waals surface area contributed by atoms with Crippen molar-refractivity contribution in [1.29, 1.82) is 0 Å². The summed E-state index contributed by atoms with van der Waals surface area (Å²) in [5.74, 6) is -6.03. The molecule has 3 saturated carbocycles. The molecule has 4 fully saturated rings. The largest absolute Gasteiger partial charge is 0.456 e. The van der Waals surface area contributed by atoms with Gasteiger partial charge >= 0.3 is 30.0 Å². The van der Waals surface area contributed by atoms with Gasteiger partial charge in [0.2, 0.25) is 0 Å². The second kappa shape index (κ2) is 16.8. The molecule has 0 spiro atoms. The maximum atomic E-state index is 15.9. The fraction of sp³-hybridized carbons (Fsp3) is 0.652. The summed E-state index contributed by atoms with van der Waals surface area (Å²) in [7, 11) is 1.40. The summed E-state index contributed by atoms with van der Waals surface area (Å²) in [6, 6.07) is 6.67. The average Bonchev–Trinajstić information content (AvgIpc) is 4.02. The van der Waals surface area contributed by atoms with Gasteiger partial charge in [-0.3, -0.25) is 14.4 Å². The summed E-state index contributed by atoms with van der Waals surface area (Å²) in [4.78, 5) is 84.1.